The first-order valence-electron chi connectivity index (χ1n) is 8.26. The number of carboxylic acid groups (broad SMARTS) is 1. The lowest BCUT2D eigenvalue weighted by Crippen LogP contribution is -2.22. The van der Waals surface area contributed by atoms with Gasteiger partial charge in [-0.25, -0.2) is 0 Å². The van der Waals surface area contributed by atoms with Crippen LogP contribution in [0.4, 0.5) is 0 Å². The smallest absolute Gasteiger partial charge is 0.235 e. The molecule has 4 aromatic rings. The van der Waals surface area contributed by atoms with E-state index < -0.39 is 5.97 Å². The molecule has 0 amide bonds. The van der Waals surface area contributed by atoms with Gasteiger partial charge in [-0.15, -0.1) is 0 Å². The molecule has 7 heteroatoms. The minimum Gasteiger partial charge on any atom is -0.545 e. The van der Waals surface area contributed by atoms with Crippen LogP contribution in [-0.4, -0.2) is 5.97 Å². The highest BCUT2D eigenvalue weighted by atomic mass is 35.5. The number of hydrogen-bond acceptors (Lipinski definition) is 6. The van der Waals surface area contributed by atoms with Crippen LogP contribution in [0.15, 0.2) is 74.5 Å². The van der Waals surface area contributed by atoms with E-state index in [4.69, 9.17) is 25.2 Å². The van der Waals surface area contributed by atoms with Crippen LogP contribution in [0.1, 0.15) is 15.9 Å². The molecule has 0 saturated heterocycles. The Bertz CT molecular complexity index is 1210. The number of carbonyl (C=O) groups is 1. The summed E-state index contributed by atoms with van der Waals surface area (Å²) in [5, 5.41) is 11.5. The normalized spacial score (nSPS) is 10.9. The molecular formula is C21H12ClO6-. The van der Waals surface area contributed by atoms with Crippen LogP contribution < -0.4 is 15.3 Å². The predicted molar refractivity (Wildman–Crippen MR) is 100 cm³/mol. The van der Waals surface area contributed by atoms with E-state index in [1.54, 1.807) is 36.4 Å². The van der Waals surface area contributed by atoms with Gasteiger partial charge < -0.3 is 23.5 Å². The van der Waals surface area contributed by atoms with Gasteiger partial charge >= 0.3 is 0 Å². The average molecular weight is 396 g/mol. The molecule has 0 fully saturated rings. The van der Waals surface area contributed by atoms with Gasteiger partial charge in [0.15, 0.2) is 5.76 Å². The number of halogens is 1. The number of benzene rings is 2. The third kappa shape index (κ3) is 3.37. The van der Waals surface area contributed by atoms with E-state index in [0.29, 0.717) is 21.9 Å². The maximum Gasteiger partial charge on any atom is 0.235 e. The molecule has 0 bridgehead atoms. The van der Waals surface area contributed by atoms with Crippen molar-refractivity contribution in [1.29, 1.82) is 0 Å². The molecule has 2 heterocycles. The third-order valence-electron chi connectivity index (χ3n) is 4.13. The summed E-state index contributed by atoms with van der Waals surface area (Å²) in [6.45, 7) is 0.0257. The molecule has 0 aliphatic heterocycles. The Morgan fingerprint density at radius 1 is 1.11 bits per heavy atom. The summed E-state index contributed by atoms with van der Waals surface area (Å²) in [6.07, 6.45) is 1.46. The highest BCUT2D eigenvalue weighted by Gasteiger charge is 2.20. The van der Waals surface area contributed by atoms with Crippen LogP contribution >= 0.6 is 11.6 Å². The van der Waals surface area contributed by atoms with Crippen molar-refractivity contribution in [2.75, 3.05) is 0 Å². The van der Waals surface area contributed by atoms with Gasteiger partial charge in [0.2, 0.25) is 16.9 Å². The lowest BCUT2D eigenvalue weighted by atomic mass is 10.1. The molecule has 0 spiro atoms. The minimum absolute atomic E-state index is 0.0197. The SMILES string of the molecule is O=C([O-])c1ccc(COc2c(-c3ccco3)oc3ccc(Cl)cc3c2=O)cc1. The first-order valence-corrected chi connectivity index (χ1v) is 8.64. The van der Waals surface area contributed by atoms with Gasteiger partial charge in [0.05, 0.1) is 17.6 Å². The summed E-state index contributed by atoms with van der Waals surface area (Å²) < 4.78 is 17.0. The van der Waals surface area contributed by atoms with Crippen molar-refractivity contribution in [3.05, 3.63) is 87.2 Å². The second-order valence-electron chi connectivity index (χ2n) is 5.98. The summed E-state index contributed by atoms with van der Waals surface area (Å²) >= 11 is 6.00. The quantitative estimate of drug-likeness (QED) is 0.512. The molecule has 28 heavy (non-hydrogen) atoms. The highest BCUT2D eigenvalue weighted by molar-refractivity contribution is 6.31. The molecule has 0 aliphatic carbocycles. The molecular weight excluding hydrogens is 384 g/mol. The largest absolute Gasteiger partial charge is 0.545 e. The van der Waals surface area contributed by atoms with E-state index in [1.165, 1.54) is 24.5 Å². The first kappa shape index (κ1) is 17.9. The van der Waals surface area contributed by atoms with E-state index in [1.807, 2.05) is 0 Å². The van der Waals surface area contributed by atoms with Gasteiger partial charge in [0.1, 0.15) is 12.2 Å². The Hall–Kier alpha value is -3.51. The van der Waals surface area contributed by atoms with Crippen LogP contribution in [0.3, 0.4) is 0 Å². The van der Waals surface area contributed by atoms with Gasteiger partial charge in [0, 0.05) is 5.02 Å². The fourth-order valence-corrected chi connectivity index (χ4v) is 2.92. The zero-order chi connectivity index (χ0) is 19.7. The minimum atomic E-state index is -1.26. The molecule has 2 aromatic heterocycles. The number of aromatic carboxylic acids is 1. The zero-order valence-corrected chi connectivity index (χ0v) is 15.1. The average Bonchev–Trinajstić information content (AvgIpc) is 3.22. The Morgan fingerprint density at radius 3 is 2.57 bits per heavy atom. The predicted octanol–water partition coefficient (Wildman–Crippen LogP) is 3.65. The molecule has 0 aliphatic rings. The first-order chi connectivity index (χ1) is 13.5. The fraction of sp³-hybridized carbons (Fsp3) is 0.0476. The lowest BCUT2D eigenvalue weighted by molar-refractivity contribution is -0.255. The van der Waals surface area contributed by atoms with Gasteiger partial charge in [0.25, 0.3) is 0 Å². The molecule has 2 aromatic carbocycles. The van der Waals surface area contributed by atoms with Crippen molar-refractivity contribution in [3.63, 3.8) is 0 Å². The number of rotatable bonds is 5. The van der Waals surface area contributed by atoms with Crippen LogP contribution in [0.25, 0.3) is 22.5 Å². The maximum atomic E-state index is 13.0. The van der Waals surface area contributed by atoms with Crippen molar-refractivity contribution in [3.8, 4) is 17.3 Å². The molecule has 0 atom stereocenters. The molecule has 140 valence electrons. The molecule has 0 radical (unpaired) electrons. The number of carbonyl (C=O) groups excluding carboxylic acids is 1. The Labute approximate surface area is 163 Å². The lowest BCUT2D eigenvalue weighted by Gasteiger charge is -2.11. The standard InChI is InChI=1S/C21H13ClO6/c22-14-7-8-16-15(10-14)18(23)20(19(28-16)17-2-1-9-26-17)27-11-12-3-5-13(6-4-12)21(24)25/h1-10H,11H2,(H,24,25)/p-1. The van der Waals surface area contributed by atoms with Crippen molar-refractivity contribution < 1.29 is 23.5 Å². The molecule has 4 rings (SSSR count). The van der Waals surface area contributed by atoms with Gasteiger partial charge in [-0.1, -0.05) is 35.9 Å². The Morgan fingerprint density at radius 2 is 1.89 bits per heavy atom. The van der Waals surface area contributed by atoms with Crippen LogP contribution in [-0.2, 0) is 6.61 Å². The number of hydrogen-bond donors (Lipinski definition) is 0. The summed E-state index contributed by atoms with van der Waals surface area (Å²) in [4.78, 5) is 23.8. The van der Waals surface area contributed by atoms with Crippen molar-refractivity contribution in [2.45, 2.75) is 6.61 Å². The van der Waals surface area contributed by atoms with E-state index >= 15 is 0 Å². The van der Waals surface area contributed by atoms with Crippen LogP contribution in [0.5, 0.6) is 5.75 Å². The monoisotopic (exact) mass is 395 g/mol. The van der Waals surface area contributed by atoms with E-state index in [9.17, 15) is 14.7 Å². The van der Waals surface area contributed by atoms with Crippen LogP contribution in [0, 0.1) is 0 Å². The van der Waals surface area contributed by atoms with Crippen molar-refractivity contribution >= 4 is 28.5 Å². The van der Waals surface area contributed by atoms with Gasteiger partial charge in [-0.2, -0.15) is 0 Å². The molecule has 0 saturated carbocycles. The topological polar surface area (TPSA) is 92.7 Å². The third-order valence-corrected chi connectivity index (χ3v) is 4.36. The van der Waals surface area contributed by atoms with E-state index in [-0.39, 0.29) is 34.5 Å². The van der Waals surface area contributed by atoms with Crippen molar-refractivity contribution in [2.24, 2.45) is 0 Å². The fourth-order valence-electron chi connectivity index (χ4n) is 2.74. The summed E-state index contributed by atoms with van der Waals surface area (Å²) in [7, 11) is 0. The Kier molecular flexibility index (Phi) is 4.63. The second kappa shape index (κ2) is 7.25. The number of furan rings is 1. The number of fused-ring (bicyclic) bond motifs is 1. The summed E-state index contributed by atoms with van der Waals surface area (Å²) in [6, 6.07) is 14.0. The van der Waals surface area contributed by atoms with E-state index in [0.717, 1.165) is 0 Å². The zero-order valence-electron chi connectivity index (χ0n) is 14.3. The summed E-state index contributed by atoms with van der Waals surface area (Å²) in [5.74, 6) is -0.777. The van der Waals surface area contributed by atoms with Crippen LogP contribution in [0.2, 0.25) is 5.02 Å². The van der Waals surface area contributed by atoms with E-state index in [2.05, 4.69) is 0 Å². The van der Waals surface area contributed by atoms with Gasteiger partial charge in [-0.3, -0.25) is 4.79 Å². The second-order valence-corrected chi connectivity index (χ2v) is 6.42. The highest BCUT2D eigenvalue weighted by Crippen LogP contribution is 2.32. The summed E-state index contributed by atoms with van der Waals surface area (Å²) in [5.41, 5.74) is 0.689. The maximum absolute atomic E-state index is 13.0. The molecule has 0 N–H and O–H groups in total. The molecule has 6 nitrogen and oxygen atoms in total. The van der Waals surface area contributed by atoms with Crippen molar-refractivity contribution in [1.82, 2.24) is 0 Å². The number of ether oxygens (including phenoxy) is 1. The molecule has 0 unspecified atom stereocenters. The van der Waals surface area contributed by atoms with Gasteiger partial charge in [-0.05, 0) is 41.5 Å². The number of carboxylic acids is 1. The Balaban J connectivity index is 1.76.